The van der Waals surface area contributed by atoms with E-state index in [1.54, 1.807) is 10.7 Å². The summed E-state index contributed by atoms with van der Waals surface area (Å²) in [6, 6.07) is 13.8. The summed E-state index contributed by atoms with van der Waals surface area (Å²) >= 11 is 0. The number of aryl methyl sites for hydroxylation is 1. The van der Waals surface area contributed by atoms with Crippen molar-refractivity contribution in [1.82, 2.24) is 19.7 Å². The van der Waals surface area contributed by atoms with Crippen molar-refractivity contribution < 1.29 is 0 Å². The van der Waals surface area contributed by atoms with Gasteiger partial charge in [-0.25, -0.2) is 14.6 Å². The third-order valence-electron chi connectivity index (χ3n) is 4.03. The molecule has 24 heavy (non-hydrogen) atoms. The number of hydrogen-bond donors (Lipinski definition) is 2. The highest BCUT2D eigenvalue weighted by atomic mass is 15.3. The first-order valence-electron chi connectivity index (χ1n) is 7.54. The summed E-state index contributed by atoms with van der Waals surface area (Å²) in [7, 11) is 0. The van der Waals surface area contributed by atoms with E-state index in [0.29, 0.717) is 11.6 Å². The van der Waals surface area contributed by atoms with E-state index in [-0.39, 0.29) is 0 Å². The molecule has 6 nitrogen and oxygen atoms in total. The van der Waals surface area contributed by atoms with Gasteiger partial charge in [-0.2, -0.15) is 5.10 Å². The van der Waals surface area contributed by atoms with Gasteiger partial charge in [0.1, 0.15) is 12.1 Å². The molecule has 0 aliphatic rings. The van der Waals surface area contributed by atoms with Crippen LogP contribution in [0.15, 0.2) is 55.0 Å². The van der Waals surface area contributed by atoms with Crippen molar-refractivity contribution in [3.63, 3.8) is 0 Å². The molecule has 4 rings (SSSR count). The minimum absolute atomic E-state index is 0.409. The minimum atomic E-state index is 0.409. The van der Waals surface area contributed by atoms with Gasteiger partial charge in [-0.3, -0.25) is 0 Å². The molecule has 0 aliphatic heterocycles. The van der Waals surface area contributed by atoms with Gasteiger partial charge in [0.25, 0.3) is 0 Å². The molecule has 2 aromatic heterocycles. The largest absolute Gasteiger partial charge is 0.399 e. The van der Waals surface area contributed by atoms with Gasteiger partial charge in [-0.1, -0.05) is 18.2 Å². The molecular formula is C18H16N6. The Bertz CT molecular complexity index is 1050. The Labute approximate surface area is 138 Å². The summed E-state index contributed by atoms with van der Waals surface area (Å²) in [6.45, 7) is 2.07. The molecule has 0 unspecified atom stereocenters. The van der Waals surface area contributed by atoms with Gasteiger partial charge < -0.3 is 11.5 Å². The molecule has 0 fully saturated rings. The maximum absolute atomic E-state index is 5.95. The van der Waals surface area contributed by atoms with E-state index in [1.807, 2.05) is 30.5 Å². The summed E-state index contributed by atoms with van der Waals surface area (Å²) in [5.74, 6) is 1.05. The molecule has 0 aliphatic carbocycles. The summed E-state index contributed by atoms with van der Waals surface area (Å²) < 4.78 is 1.76. The van der Waals surface area contributed by atoms with Crippen molar-refractivity contribution in [3.05, 3.63) is 60.6 Å². The highest BCUT2D eigenvalue weighted by molar-refractivity contribution is 5.86. The molecule has 0 bridgehead atoms. The summed E-state index contributed by atoms with van der Waals surface area (Å²) in [6.07, 6.45) is 3.24. The van der Waals surface area contributed by atoms with Crippen molar-refractivity contribution in [2.24, 2.45) is 0 Å². The molecule has 0 amide bonds. The lowest BCUT2D eigenvalue weighted by Gasteiger charge is -2.09. The van der Waals surface area contributed by atoms with Crippen LogP contribution in [0.25, 0.3) is 27.8 Å². The Balaban J connectivity index is 1.92. The highest BCUT2D eigenvalue weighted by Crippen LogP contribution is 2.29. The number of fused-ring (bicyclic) bond motifs is 1. The zero-order valence-electron chi connectivity index (χ0n) is 13.1. The Morgan fingerprint density at radius 1 is 0.958 bits per heavy atom. The van der Waals surface area contributed by atoms with E-state index >= 15 is 0 Å². The Kier molecular flexibility index (Phi) is 3.16. The molecule has 118 valence electrons. The first-order valence-corrected chi connectivity index (χ1v) is 7.54. The first kappa shape index (κ1) is 14.2. The number of benzene rings is 2. The van der Waals surface area contributed by atoms with Crippen molar-refractivity contribution in [2.75, 3.05) is 11.5 Å². The molecule has 0 atom stereocenters. The van der Waals surface area contributed by atoms with E-state index in [0.717, 1.165) is 27.7 Å². The average molecular weight is 316 g/mol. The van der Waals surface area contributed by atoms with Crippen LogP contribution in [0.3, 0.4) is 0 Å². The first-order chi connectivity index (χ1) is 11.6. The van der Waals surface area contributed by atoms with Crippen LogP contribution < -0.4 is 11.5 Å². The molecule has 6 heteroatoms. The normalized spacial score (nSPS) is 11.0. The Morgan fingerprint density at radius 3 is 2.67 bits per heavy atom. The van der Waals surface area contributed by atoms with Crippen LogP contribution >= 0.6 is 0 Å². The molecule has 0 spiro atoms. The number of nitrogens with two attached hydrogens (primary N) is 2. The number of rotatable bonds is 2. The standard InChI is InChI=1S/C18H16N6/c1-11-2-5-14(19)7-15(11)12-3-4-13-9-23-24(16(13)6-12)18-8-17(20)21-10-22-18/h2-10H,19H2,1H3,(H2,20,21,22). The van der Waals surface area contributed by atoms with E-state index in [2.05, 4.69) is 34.1 Å². The zero-order chi connectivity index (χ0) is 16.7. The third kappa shape index (κ3) is 2.34. The van der Waals surface area contributed by atoms with Gasteiger partial charge in [-0.15, -0.1) is 0 Å². The number of anilines is 2. The Morgan fingerprint density at radius 2 is 1.83 bits per heavy atom. The summed E-state index contributed by atoms with van der Waals surface area (Å²) in [5.41, 5.74) is 16.8. The van der Waals surface area contributed by atoms with Gasteiger partial charge in [-0.05, 0) is 41.8 Å². The van der Waals surface area contributed by atoms with Crippen molar-refractivity contribution in [3.8, 4) is 16.9 Å². The number of nitrogens with zero attached hydrogens (tertiary/aromatic N) is 4. The van der Waals surface area contributed by atoms with E-state index < -0.39 is 0 Å². The van der Waals surface area contributed by atoms with Gasteiger partial charge in [0.15, 0.2) is 5.82 Å². The van der Waals surface area contributed by atoms with Gasteiger partial charge in [0, 0.05) is 17.1 Å². The smallest absolute Gasteiger partial charge is 0.159 e. The van der Waals surface area contributed by atoms with Crippen molar-refractivity contribution in [1.29, 1.82) is 0 Å². The fourth-order valence-corrected chi connectivity index (χ4v) is 2.80. The average Bonchev–Trinajstić information content (AvgIpc) is 3.00. The Hall–Kier alpha value is -3.41. The number of hydrogen-bond acceptors (Lipinski definition) is 5. The molecule has 2 aromatic carbocycles. The summed E-state index contributed by atoms with van der Waals surface area (Å²) in [4.78, 5) is 8.18. The van der Waals surface area contributed by atoms with Crippen molar-refractivity contribution >= 4 is 22.4 Å². The molecule has 0 radical (unpaired) electrons. The second-order valence-electron chi connectivity index (χ2n) is 5.71. The number of aromatic nitrogens is 4. The molecular weight excluding hydrogens is 300 g/mol. The summed E-state index contributed by atoms with van der Waals surface area (Å²) in [5, 5.41) is 5.45. The van der Waals surface area contributed by atoms with Crippen molar-refractivity contribution in [2.45, 2.75) is 6.92 Å². The maximum atomic E-state index is 5.95. The maximum Gasteiger partial charge on any atom is 0.159 e. The van der Waals surface area contributed by atoms with Crippen LogP contribution in [0.1, 0.15) is 5.56 Å². The topological polar surface area (TPSA) is 95.6 Å². The molecule has 0 saturated heterocycles. The molecule has 2 heterocycles. The highest BCUT2D eigenvalue weighted by Gasteiger charge is 2.10. The van der Waals surface area contributed by atoms with E-state index in [1.165, 1.54) is 11.9 Å². The quantitative estimate of drug-likeness (QED) is 0.554. The predicted molar refractivity (Wildman–Crippen MR) is 95.7 cm³/mol. The van der Waals surface area contributed by atoms with E-state index in [4.69, 9.17) is 11.5 Å². The predicted octanol–water partition coefficient (Wildman–Crippen LogP) is 2.96. The third-order valence-corrected chi connectivity index (χ3v) is 4.03. The SMILES string of the molecule is Cc1ccc(N)cc1-c1ccc2cnn(-c3cc(N)ncn3)c2c1. The zero-order valence-corrected chi connectivity index (χ0v) is 13.1. The fraction of sp³-hybridized carbons (Fsp3) is 0.0556. The number of nitrogen functional groups attached to an aromatic ring is 2. The van der Waals surface area contributed by atoms with Crippen LogP contribution in [0.2, 0.25) is 0 Å². The lowest BCUT2D eigenvalue weighted by atomic mass is 9.99. The van der Waals surface area contributed by atoms with Gasteiger partial charge >= 0.3 is 0 Å². The van der Waals surface area contributed by atoms with E-state index in [9.17, 15) is 0 Å². The van der Waals surface area contributed by atoms with Crippen LogP contribution in [-0.2, 0) is 0 Å². The second kappa shape index (κ2) is 5.34. The molecule has 4 N–H and O–H groups in total. The lowest BCUT2D eigenvalue weighted by molar-refractivity contribution is 0.867. The monoisotopic (exact) mass is 316 g/mol. The second-order valence-corrected chi connectivity index (χ2v) is 5.71. The van der Waals surface area contributed by atoms with Gasteiger partial charge in [0.2, 0.25) is 0 Å². The van der Waals surface area contributed by atoms with Crippen LogP contribution in [0, 0.1) is 6.92 Å². The minimum Gasteiger partial charge on any atom is -0.399 e. The van der Waals surface area contributed by atoms with Gasteiger partial charge in [0.05, 0.1) is 11.7 Å². The molecule has 4 aromatic rings. The van der Waals surface area contributed by atoms with Crippen LogP contribution in [0.4, 0.5) is 11.5 Å². The lowest BCUT2D eigenvalue weighted by Crippen LogP contribution is -2.02. The molecule has 0 saturated carbocycles. The van der Waals surface area contributed by atoms with Crippen LogP contribution in [0.5, 0.6) is 0 Å². The fourth-order valence-electron chi connectivity index (χ4n) is 2.80. The van der Waals surface area contributed by atoms with Crippen LogP contribution in [-0.4, -0.2) is 19.7 Å².